The summed E-state index contributed by atoms with van der Waals surface area (Å²) in [6.45, 7) is 0.599. The molecule has 4 nitrogen and oxygen atoms in total. The van der Waals surface area contributed by atoms with Gasteiger partial charge >= 0.3 is 6.09 Å². The van der Waals surface area contributed by atoms with Crippen molar-refractivity contribution in [2.75, 3.05) is 19.8 Å². The second-order valence-corrected chi connectivity index (χ2v) is 4.48. The third-order valence-corrected chi connectivity index (χ3v) is 3.10. The third-order valence-electron chi connectivity index (χ3n) is 2.57. The van der Waals surface area contributed by atoms with Crippen LogP contribution in [-0.4, -0.2) is 35.9 Å². The van der Waals surface area contributed by atoms with Gasteiger partial charge in [0.15, 0.2) is 0 Å². The van der Waals surface area contributed by atoms with E-state index in [0.29, 0.717) is 13.2 Å². The number of carbonyl (C=O) groups is 1. The molecule has 2 rings (SSSR count). The van der Waals surface area contributed by atoms with E-state index < -0.39 is 0 Å². The molecule has 1 amide bonds. The fraction of sp³-hybridized carbons (Fsp3) is 0.364. The Balaban J connectivity index is 2.19. The van der Waals surface area contributed by atoms with Gasteiger partial charge in [-0.05, 0) is 17.7 Å². The van der Waals surface area contributed by atoms with Crippen LogP contribution in [0.25, 0.3) is 0 Å². The maximum atomic E-state index is 11.4. The number of nitrogens with zero attached hydrogens (tertiary/aromatic N) is 1. The minimum Gasteiger partial charge on any atom is -0.447 e. The summed E-state index contributed by atoms with van der Waals surface area (Å²) < 4.78 is 5.98. The topological polar surface area (TPSA) is 49.8 Å². The molecule has 86 valence electrons. The van der Waals surface area contributed by atoms with Gasteiger partial charge in [0.2, 0.25) is 0 Å². The Morgan fingerprint density at radius 2 is 2.12 bits per heavy atom. The molecule has 1 heterocycles. The van der Waals surface area contributed by atoms with E-state index in [9.17, 15) is 4.79 Å². The number of halogens is 1. The van der Waals surface area contributed by atoms with Crippen LogP contribution in [0.2, 0.25) is 0 Å². The molecule has 5 heteroatoms. The van der Waals surface area contributed by atoms with Crippen molar-refractivity contribution in [2.45, 2.75) is 6.04 Å². The number of benzene rings is 1. The molecule has 0 aromatic heterocycles. The van der Waals surface area contributed by atoms with E-state index >= 15 is 0 Å². The summed E-state index contributed by atoms with van der Waals surface area (Å²) in [6.07, 6.45) is -0.359. The quantitative estimate of drug-likeness (QED) is 0.923. The Hall–Kier alpha value is -1.07. The van der Waals surface area contributed by atoms with E-state index in [2.05, 4.69) is 15.9 Å². The molecule has 1 aliphatic rings. The molecule has 1 aromatic carbocycles. The van der Waals surface area contributed by atoms with Gasteiger partial charge < -0.3 is 9.84 Å². The average molecular weight is 286 g/mol. The predicted molar refractivity (Wildman–Crippen MR) is 62.0 cm³/mol. The Labute approximate surface area is 102 Å². The normalized spacial score (nSPS) is 20.0. The number of amides is 1. The van der Waals surface area contributed by atoms with Gasteiger partial charge in [0, 0.05) is 11.0 Å². The highest BCUT2D eigenvalue weighted by Crippen LogP contribution is 2.27. The highest BCUT2D eigenvalue weighted by atomic mass is 79.9. The first-order chi connectivity index (χ1) is 7.72. The summed E-state index contributed by atoms with van der Waals surface area (Å²) >= 11 is 3.36. The van der Waals surface area contributed by atoms with Gasteiger partial charge in [0.05, 0.1) is 12.6 Å². The monoisotopic (exact) mass is 285 g/mol. The van der Waals surface area contributed by atoms with Crippen LogP contribution in [0.4, 0.5) is 4.79 Å². The second-order valence-electron chi connectivity index (χ2n) is 3.56. The number of aliphatic hydroxyl groups is 1. The first kappa shape index (κ1) is 11.4. The number of hydrogen-bond donors (Lipinski definition) is 1. The molecular formula is C11H12BrNO3. The first-order valence-corrected chi connectivity index (χ1v) is 5.81. The van der Waals surface area contributed by atoms with Crippen molar-refractivity contribution in [3.8, 4) is 0 Å². The Morgan fingerprint density at radius 3 is 2.75 bits per heavy atom. The van der Waals surface area contributed by atoms with Crippen molar-refractivity contribution in [1.82, 2.24) is 4.90 Å². The molecule has 0 radical (unpaired) electrons. The van der Waals surface area contributed by atoms with Crippen molar-refractivity contribution in [3.05, 3.63) is 34.3 Å². The summed E-state index contributed by atoms with van der Waals surface area (Å²) in [4.78, 5) is 12.9. The zero-order chi connectivity index (χ0) is 11.5. The van der Waals surface area contributed by atoms with Gasteiger partial charge in [0.25, 0.3) is 0 Å². The molecule has 1 saturated heterocycles. The Kier molecular flexibility index (Phi) is 3.46. The fourth-order valence-corrected chi connectivity index (χ4v) is 2.03. The van der Waals surface area contributed by atoms with E-state index in [4.69, 9.17) is 9.84 Å². The van der Waals surface area contributed by atoms with Gasteiger partial charge in [-0.3, -0.25) is 4.90 Å². The van der Waals surface area contributed by atoms with Crippen LogP contribution in [0.3, 0.4) is 0 Å². The fourth-order valence-electron chi connectivity index (χ4n) is 1.77. The van der Waals surface area contributed by atoms with E-state index in [-0.39, 0.29) is 18.7 Å². The molecule has 16 heavy (non-hydrogen) atoms. The third kappa shape index (κ3) is 2.20. The zero-order valence-electron chi connectivity index (χ0n) is 8.60. The van der Waals surface area contributed by atoms with E-state index in [1.54, 1.807) is 4.90 Å². The summed E-state index contributed by atoms with van der Waals surface area (Å²) in [5.41, 5.74) is 1.02. The summed E-state index contributed by atoms with van der Waals surface area (Å²) in [5.74, 6) is 0. The summed E-state index contributed by atoms with van der Waals surface area (Å²) in [7, 11) is 0. The van der Waals surface area contributed by atoms with E-state index in [1.165, 1.54) is 0 Å². The van der Waals surface area contributed by atoms with Crippen LogP contribution in [0.15, 0.2) is 28.7 Å². The predicted octanol–water partition coefficient (Wildman–Crippen LogP) is 1.93. The number of rotatable bonds is 3. The number of aliphatic hydroxyl groups excluding tert-OH is 1. The summed E-state index contributed by atoms with van der Waals surface area (Å²) in [6, 6.07) is 7.65. The van der Waals surface area contributed by atoms with Gasteiger partial charge in [-0.15, -0.1) is 0 Å². The second kappa shape index (κ2) is 4.84. The zero-order valence-corrected chi connectivity index (χ0v) is 10.2. The molecule has 1 unspecified atom stereocenters. The smallest absolute Gasteiger partial charge is 0.410 e. The van der Waals surface area contributed by atoms with Crippen LogP contribution in [0.5, 0.6) is 0 Å². The Bertz CT molecular complexity index is 379. The lowest BCUT2D eigenvalue weighted by atomic mass is 10.1. The molecule has 1 N–H and O–H groups in total. The minimum atomic E-state index is -0.359. The number of cyclic esters (lactones) is 1. The maximum absolute atomic E-state index is 11.4. The first-order valence-electron chi connectivity index (χ1n) is 5.02. The van der Waals surface area contributed by atoms with Crippen molar-refractivity contribution >= 4 is 22.0 Å². The van der Waals surface area contributed by atoms with Crippen LogP contribution in [0.1, 0.15) is 11.6 Å². The SMILES string of the molecule is O=C1OCC(c2ccc(Br)cc2)N1CCO. The molecule has 0 aliphatic carbocycles. The van der Waals surface area contributed by atoms with Gasteiger partial charge in [-0.1, -0.05) is 28.1 Å². The van der Waals surface area contributed by atoms with Gasteiger partial charge in [0.1, 0.15) is 6.61 Å². The van der Waals surface area contributed by atoms with Crippen molar-refractivity contribution < 1.29 is 14.6 Å². The Morgan fingerprint density at radius 1 is 1.44 bits per heavy atom. The summed E-state index contributed by atoms with van der Waals surface area (Å²) in [5, 5.41) is 8.90. The number of hydrogen-bond acceptors (Lipinski definition) is 3. The van der Waals surface area contributed by atoms with Crippen molar-refractivity contribution in [2.24, 2.45) is 0 Å². The number of ether oxygens (including phenoxy) is 1. The molecule has 0 saturated carbocycles. The largest absolute Gasteiger partial charge is 0.447 e. The highest BCUT2D eigenvalue weighted by Gasteiger charge is 2.33. The molecule has 1 aliphatic heterocycles. The molecule has 1 atom stereocenters. The minimum absolute atomic E-state index is 0.0534. The standard InChI is InChI=1S/C11H12BrNO3/c12-9-3-1-8(2-4-9)10-7-16-11(15)13(10)5-6-14/h1-4,10,14H,5-7H2. The number of carbonyl (C=O) groups excluding carboxylic acids is 1. The maximum Gasteiger partial charge on any atom is 0.410 e. The van der Waals surface area contributed by atoms with Crippen molar-refractivity contribution in [1.29, 1.82) is 0 Å². The lowest BCUT2D eigenvalue weighted by Crippen LogP contribution is -2.30. The molecule has 0 spiro atoms. The highest BCUT2D eigenvalue weighted by molar-refractivity contribution is 9.10. The van der Waals surface area contributed by atoms with Gasteiger partial charge in [-0.25, -0.2) is 4.79 Å². The lowest BCUT2D eigenvalue weighted by molar-refractivity contribution is 0.148. The van der Waals surface area contributed by atoms with Crippen LogP contribution >= 0.6 is 15.9 Å². The van der Waals surface area contributed by atoms with Crippen LogP contribution in [0, 0.1) is 0 Å². The molecule has 1 aromatic rings. The van der Waals surface area contributed by atoms with Crippen LogP contribution in [-0.2, 0) is 4.74 Å². The molecular weight excluding hydrogens is 274 g/mol. The average Bonchev–Trinajstić information content (AvgIpc) is 2.63. The lowest BCUT2D eigenvalue weighted by Gasteiger charge is -2.20. The molecule has 1 fully saturated rings. The number of β-amino-alcohol motifs (C(OH)–C–C–N with tert-alkyl or cyclic N) is 1. The van der Waals surface area contributed by atoms with E-state index in [0.717, 1.165) is 10.0 Å². The van der Waals surface area contributed by atoms with Crippen molar-refractivity contribution in [3.63, 3.8) is 0 Å². The molecule has 0 bridgehead atoms. The van der Waals surface area contributed by atoms with E-state index in [1.807, 2.05) is 24.3 Å². The van der Waals surface area contributed by atoms with Crippen LogP contribution < -0.4 is 0 Å². The van der Waals surface area contributed by atoms with Gasteiger partial charge in [-0.2, -0.15) is 0 Å².